The van der Waals surface area contributed by atoms with Crippen molar-refractivity contribution in [2.45, 2.75) is 22.0 Å². The second-order valence-corrected chi connectivity index (χ2v) is 9.11. The van der Waals surface area contributed by atoms with Crippen molar-refractivity contribution in [1.29, 1.82) is 0 Å². The van der Waals surface area contributed by atoms with Gasteiger partial charge in [0.2, 0.25) is 0 Å². The van der Waals surface area contributed by atoms with Crippen LogP contribution in [0.5, 0.6) is 0 Å². The summed E-state index contributed by atoms with van der Waals surface area (Å²) in [5.41, 5.74) is 3.22. The summed E-state index contributed by atoms with van der Waals surface area (Å²) < 4.78 is 5.21. The van der Waals surface area contributed by atoms with Gasteiger partial charge in [0.15, 0.2) is 6.61 Å². The van der Waals surface area contributed by atoms with E-state index in [1.807, 2.05) is 35.7 Å². The number of aromatic nitrogens is 1. The molecule has 0 aliphatic rings. The summed E-state index contributed by atoms with van der Waals surface area (Å²) >= 11 is 4.82. The van der Waals surface area contributed by atoms with Crippen LogP contribution in [0.3, 0.4) is 0 Å². The van der Waals surface area contributed by atoms with Gasteiger partial charge in [-0.25, -0.2) is 9.78 Å². The lowest BCUT2D eigenvalue weighted by Crippen LogP contribution is -2.29. The lowest BCUT2D eigenvalue weighted by atomic mass is 10.2. The van der Waals surface area contributed by atoms with E-state index < -0.39 is 5.97 Å². The Morgan fingerprint density at radius 2 is 1.83 bits per heavy atom. The lowest BCUT2D eigenvalue weighted by Gasteiger charge is -2.09. The molecule has 0 bridgehead atoms. The van der Waals surface area contributed by atoms with Crippen LogP contribution in [-0.2, 0) is 15.3 Å². The molecule has 0 saturated carbocycles. The molecule has 0 aliphatic heterocycles. The summed E-state index contributed by atoms with van der Waals surface area (Å²) in [5.74, 6) is 0.801. The number of thiazole rings is 1. The van der Waals surface area contributed by atoms with Gasteiger partial charge in [-0.05, 0) is 36.4 Å². The van der Waals surface area contributed by atoms with E-state index in [1.54, 1.807) is 40.7 Å². The number of carbonyl (C=O) groups is 2. The minimum Gasteiger partial charge on any atom is -0.452 e. The summed E-state index contributed by atoms with van der Waals surface area (Å²) in [4.78, 5) is 30.7. The van der Waals surface area contributed by atoms with Crippen molar-refractivity contribution in [2.75, 3.05) is 18.9 Å². The number of carbonyl (C=O) groups excluding carboxylic acids is 2. The quantitative estimate of drug-likeness (QED) is 0.251. The third kappa shape index (κ3) is 7.51. The summed E-state index contributed by atoms with van der Waals surface area (Å²) in [6.45, 7) is 0.270. The maximum absolute atomic E-state index is 12.4. The highest BCUT2D eigenvalue weighted by Gasteiger charge is 2.14. The van der Waals surface area contributed by atoms with Crippen LogP contribution in [-0.4, -0.2) is 35.8 Å². The molecule has 0 saturated heterocycles. The van der Waals surface area contributed by atoms with E-state index in [-0.39, 0.29) is 12.5 Å². The first-order valence-electron chi connectivity index (χ1n) is 9.43. The molecule has 2 aromatic carbocycles. The number of hydrogen-bond donors (Lipinski definition) is 1. The van der Waals surface area contributed by atoms with Gasteiger partial charge in [0.25, 0.3) is 5.91 Å². The number of hydrogen-bond acceptors (Lipinski definition) is 7. The molecule has 156 valence electrons. The largest absolute Gasteiger partial charge is 0.452 e. The molecule has 30 heavy (non-hydrogen) atoms. The van der Waals surface area contributed by atoms with E-state index in [4.69, 9.17) is 4.74 Å². The number of esters is 1. The third-order valence-electron chi connectivity index (χ3n) is 3.96. The highest BCUT2D eigenvalue weighted by molar-refractivity contribution is 7.99. The van der Waals surface area contributed by atoms with Crippen LogP contribution in [0.25, 0.3) is 0 Å². The average molecular weight is 459 g/mol. The fraction of sp³-hybridized carbons (Fsp3) is 0.227. The van der Waals surface area contributed by atoms with E-state index >= 15 is 0 Å². The first-order valence-corrected chi connectivity index (χ1v) is 12.3. The minimum absolute atomic E-state index is 0.282. The number of benzene rings is 2. The van der Waals surface area contributed by atoms with Crippen LogP contribution in [0, 0.1) is 0 Å². The molecular formula is C22H22N2O3S3. The lowest BCUT2D eigenvalue weighted by molar-refractivity contribution is -0.124. The molecule has 0 unspecified atom stereocenters. The molecule has 5 nitrogen and oxygen atoms in total. The van der Waals surface area contributed by atoms with Crippen molar-refractivity contribution in [3.8, 4) is 0 Å². The van der Waals surface area contributed by atoms with E-state index in [0.29, 0.717) is 17.9 Å². The number of ether oxygens (including phenoxy) is 1. The molecule has 1 heterocycles. The highest BCUT2D eigenvalue weighted by Crippen LogP contribution is 2.26. The Morgan fingerprint density at radius 3 is 2.63 bits per heavy atom. The zero-order chi connectivity index (χ0) is 21.0. The smallest absolute Gasteiger partial charge is 0.339 e. The van der Waals surface area contributed by atoms with Crippen LogP contribution >= 0.6 is 34.9 Å². The summed E-state index contributed by atoms with van der Waals surface area (Å²) in [7, 11) is 0. The highest BCUT2D eigenvalue weighted by atomic mass is 32.2. The summed E-state index contributed by atoms with van der Waals surface area (Å²) in [5, 5.41) is 4.78. The van der Waals surface area contributed by atoms with Crippen molar-refractivity contribution < 1.29 is 14.3 Å². The van der Waals surface area contributed by atoms with Gasteiger partial charge in [-0.1, -0.05) is 30.3 Å². The van der Waals surface area contributed by atoms with E-state index in [0.717, 1.165) is 22.8 Å². The van der Waals surface area contributed by atoms with Crippen LogP contribution < -0.4 is 5.32 Å². The summed E-state index contributed by atoms with van der Waals surface area (Å²) in [6.07, 6.45) is 0.843. The maximum Gasteiger partial charge on any atom is 0.339 e. The Balaban J connectivity index is 1.37. The number of rotatable bonds is 11. The second kappa shape index (κ2) is 12.4. The van der Waals surface area contributed by atoms with Gasteiger partial charge < -0.3 is 10.1 Å². The predicted octanol–water partition coefficient (Wildman–Crippen LogP) is 4.89. The Hall–Kier alpha value is -2.29. The van der Waals surface area contributed by atoms with Crippen LogP contribution in [0.2, 0.25) is 0 Å². The SMILES string of the molecule is O=C(COC(=O)c1ccccc1SCc1cscn1)NCCCSc1ccccc1. The first-order chi connectivity index (χ1) is 14.7. The Kier molecular flexibility index (Phi) is 9.27. The molecule has 0 spiro atoms. The van der Waals surface area contributed by atoms with Crippen LogP contribution in [0.1, 0.15) is 22.5 Å². The van der Waals surface area contributed by atoms with Crippen molar-refractivity contribution in [1.82, 2.24) is 10.3 Å². The first kappa shape index (κ1) is 22.4. The Labute approximate surface area is 188 Å². The van der Waals surface area contributed by atoms with E-state index in [9.17, 15) is 9.59 Å². The zero-order valence-corrected chi connectivity index (χ0v) is 18.7. The topological polar surface area (TPSA) is 68.3 Å². The molecule has 0 fully saturated rings. The van der Waals surface area contributed by atoms with Crippen molar-refractivity contribution in [2.24, 2.45) is 0 Å². The zero-order valence-electron chi connectivity index (χ0n) is 16.3. The van der Waals surface area contributed by atoms with E-state index in [2.05, 4.69) is 22.4 Å². The maximum atomic E-state index is 12.4. The number of nitrogens with one attached hydrogen (secondary N) is 1. The molecule has 1 aromatic heterocycles. The predicted molar refractivity (Wildman–Crippen MR) is 123 cm³/mol. The normalized spacial score (nSPS) is 10.5. The van der Waals surface area contributed by atoms with Gasteiger partial charge in [0.1, 0.15) is 0 Å². The molecule has 0 atom stereocenters. The fourth-order valence-electron chi connectivity index (χ4n) is 2.49. The average Bonchev–Trinajstić information content (AvgIpc) is 3.30. The second-order valence-electron chi connectivity index (χ2n) is 6.21. The molecule has 3 rings (SSSR count). The van der Waals surface area contributed by atoms with Gasteiger partial charge in [-0.2, -0.15) is 0 Å². The molecule has 3 aromatic rings. The Bertz CT molecular complexity index is 934. The monoisotopic (exact) mass is 458 g/mol. The van der Waals surface area contributed by atoms with Gasteiger partial charge in [0.05, 0.1) is 16.8 Å². The molecule has 1 N–H and O–H groups in total. The standard InChI is InChI=1S/C22H22N2O3S3/c25-21(23-11-6-12-29-18-7-2-1-3-8-18)13-27-22(26)19-9-4-5-10-20(19)30-15-17-14-28-16-24-17/h1-5,7-10,14,16H,6,11-13,15H2,(H,23,25). The van der Waals surface area contributed by atoms with Gasteiger partial charge in [0, 0.05) is 27.5 Å². The fourth-order valence-corrected chi connectivity index (χ4v) is 4.97. The van der Waals surface area contributed by atoms with Gasteiger partial charge >= 0.3 is 5.97 Å². The number of nitrogens with zero attached hydrogens (tertiary/aromatic N) is 1. The number of amides is 1. The molecule has 8 heteroatoms. The van der Waals surface area contributed by atoms with Crippen molar-refractivity contribution in [3.05, 3.63) is 76.7 Å². The van der Waals surface area contributed by atoms with Crippen LogP contribution in [0.4, 0.5) is 0 Å². The Morgan fingerprint density at radius 1 is 1.03 bits per heavy atom. The molecule has 0 aliphatic carbocycles. The summed E-state index contributed by atoms with van der Waals surface area (Å²) in [6, 6.07) is 17.4. The van der Waals surface area contributed by atoms with Crippen LogP contribution in [0.15, 0.2) is 75.3 Å². The van der Waals surface area contributed by atoms with E-state index in [1.165, 1.54) is 16.7 Å². The minimum atomic E-state index is -0.494. The number of thioether (sulfide) groups is 2. The van der Waals surface area contributed by atoms with Gasteiger partial charge in [-0.15, -0.1) is 34.9 Å². The molecule has 1 amide bonds. The molecular weight excluding hydrogens is 436 g/mol. The van der Waals surface area contributed by atoms with Gasteiger partial charge in [-0.3, -0.25) is 4.79 Å². The third-order valence-corrected chi connectivity index (χ3v) is 6.80. The van der Waals surface area contributed by atoms with Crippen molar-refractivity contribution in [3.63, 3.8) is 0 Å². The molecule has 0 radical (unpaired) electrons. The van der Waals surface area contributed by atoms with Crippen molar-refractivity contribution >= 4 is 46.7 Å².